The van der Waals surface area contributed by atoms with Gasteiger partial charge in [-0.15, -0.1) is 0 Å². The molecule has 2 aromatic rings. The molecule has 0 aliphatic carbocycles. The number of rotatable bonds is 5. The molecule has 1 amide bonds. The van der Waals surface area contributed by atoms with Gasteiger partial charge in [0.05, 0.1) is 5.75 Å². The standard InChI is InChI=1S/C24H30N2O3S/c1-2-3-16-30(28,29)26-14-12-19(13-15-26)24(27)25-17-20-8-4-6-10-22(20)23-11-7-5-9-21(23)18-25/h4-11,19H,2-3,12-18H2,1H3. The first-order valence-corrected chi connectivity index (χ1v) is 12.5. The lowest BCUT2D eigenvalue weighted by Crippen LogP contribution is -2.44. The van der Waals surface area contributed by atoms with Crippen LogP contribution in [0, 0.1) is 5.92 Å². The average molecular weight is 427 g/mol. The highest BCUT2D eigenvalue weighted by atomic mass is 32.2. The Kier molecular flexibility index (Phi) is 6.25. The molecule has 0 aromatic heterocycles. The first kappa shape index (κ1) is 21.1. The summed E-state index contributed by atoms with van der Waals surface area (Å²) < 4.78 is 26.5. The maximum Gasteiger partial charge on any atom is 0.226 e. The summed E-state index contributed by atoms with van der Waals surface area (Å²) >= 11 is 0. The van der Waals surface area contributed by atoms with E-state index in [0.717, 1.165) is 17.5 Å². The Morgan fingerprint density at radius 3 is 2.00 bits per heavy atom. The lowest BCUT2D eigenvalue weighted by atomic mass is 9.96. The molecule has 2 aliphatic heterocycles. The van der Waals surface area contributed by atoms with Crippen molar-refractivity contribution >= 4 is 15.9 Å². The first-order chi connectivity index (χ1) is 14.5. The minimum Gasteiger partial charge on any atom is -0.334 e. The number of carbonyl (C=O) groups is 1. The Morgan fingerprint density at radius 2 is 1.47 bits per heavy atom. The number of piperidine rings is 1. The van der Waals surface area contributed by atoms with Gasteiger partial charge in [0.2, 0.25) is 15.9 Å². The number of hydrogen-bond acceptors (Lipinski definition) is 3. The van der Waals surface area contributed by atoms with Gasteiger partial charge >= 0.3 is 0 Å². The summed E-state index contributed by atoms with van der Waals surface area (Å²) in [7, 11) is -3.20. The molecule has 160 valence electrons. The van der Waals surface area contributed by atoms with Crippen molar-refractivity contribution < 1.29 is 13.2 Å². The topological polar surface area (TPSA) is 57.7 Å². The number of hydrogen-bond donors (Lipinski definition) is 0. The fourth-order valence-corrected chi connectivity index (χ4v) is 6.24. The number of amides is 1. The number of unbranched alkanes of at least 4 members (excludes halogenated alkanes) is 1. The summed E-state index contributed by atoms with van der Waals surface area (Å²) in [5.74, 6) is 0.245. The second kappa shape index (κ2) is 8.90. The summed E-state index contributed by atoms with van der Waals surface area (Å²) in [6.07, 6.45) is 2.76. The molecule has 2 aromatic carbocycles. The van der Waals surface area contributed by atoms with Crippen molar-refractivity contribution in [1.29, 1.82) is 0 Å². The van der Waals surface area contributed by atoms with E-state index < -0.39 is 10.0 Å². The fourth-order valence-electron chi connectivity index (χ4n) is 4.56. The van der Waals surface area contributed by atoms with Gasteiger partial charge in [0, 0.05) is 32.1 Å². The molecule has 0 radical (unpaired) electrons. The fraction of sp³-hybridized carbons (Fsp3) is 0.458. The molecule has 1 fully saturated rings. The van der Waals surface area contributed by atoms with Gasteiger partial charge in [-0.1, -0.05) is 61.9 Å². The monoisotopic (exact) mass is 426 g/mol. The Labute approximate surface area is 179 Å². The van der Waals surface area contributed by atoms with E-state index in [1.165, 1.54) is 11.1 Å². The molecule has 0 N–H and O–H groups in total. The minimum absolute atomic E-state index is 0.111. The van der Waals surface area contributed by atoms with E-state index in [4.69, 9.17) is 0 Å². The smallest absolute Gasteiger partial charge is 0.226 e. The minimum atomic E-state index is -3.20. The quantitative estimate of drug-likeness (QED) is 0.725. The SMILES string of the molecule is CCCCS(=O)(=O)N1CCC(C(=O)N2Cc3ccccc3-c3ccccc3C2)CC1. The molecule has 0 bridgehead atoms. The number of sulfonamides is 1. The van der Waals surface area contributed by atoms with Crippen LogP contribution in [-0.4, -0.2) is 42.4 Å². The van der Waals surface area contributed by atoms with Crippen molar-refractivity contribution in [3.8, 4) is 11.1 Å². The van der Waals surface area contributed by atoms with Crippen molar-refractivity contribution in [3.05, 3.63) is 59.7 Å². The second-order valence-electron chi connectivity index (χ2n) is 8.35. The zero-order valence-electron chi connectivity index (χ0n) is 17.6. The van der Waals surface area contributed by atoms with E-state index >= 15 is 0 Å². The molecule has 2 aliphatic rings. The number of fused-ring (bicyclic) bond motifs is 3. The van der Waals surface area contributed by atoms with Gasteiger partial charge in [-0.3, -0.25) is 4.79 Å². The van der Waals surface area contributed by atoms with Gasteiger partial charge in [0.25, 0.3) is 0 Å². The highest BCUT2D eigenvalue weighted by Gasteiger charge is 2.33. The molecule has 5 nitrogen and oxygen atoms in total. The summed E-state index contributed by atoms with van der Waals surface area (Å²) in [6.45, 7) is 4.09. The molecule has 0 saturated carbocycles. The third-order valence-electron chi connectivity index (χ3n) is 6.31. The molecule has 0 spiro atoms. The van der Waals surface area contributed by atoms with Gasteiger partial charge in [0.15, 0.2) is 0 Å². The van der Waals surface area contributed by atoms with E-state index in [9.17, 15) is 13.2 Å². The molecular formula is C24H30N2O3S. The van der Waals surface area contributed by atoms with E-state index in [-0.39, 0.29) is 17.6 Å². The predicted molar refractivity (Wildman–Crippen MR) is 119 cm³/mol. The van der Waals surface area contributed by atoms with Gasteiger partial charge in [-0.2, -0.15) is 0 Å². The van der Waals surface area contributed by atoms with Crippen LogP contribution in [0.4, 0.5) is 0 Å². The van der Waals surface area contributed by atoms with Gasteiger partial charge in [0.1, 0.15) is 0 Å². The normalized spacial score (nSPS) is 17.8. The Hall–Kier alpha value is -2.18. The van der Waals surface area contributed by atoms with Crippen LogP contribution < -0.4 is 0 Å². The number of carbonyl (C=O) groups excluding carboxylic acids is 1. The van der Waals surface area contributed by atoms with E-state index in [1.807, 2.05) is 36.1 Å². The van der Waals surface area contributed by atoms with E-state index in [0.29, 0.717) is 45.4 Å². The van der Waals surface area contributed by atoms with Crippen LogP contribution >= 0.6 is 0 Å². The van der Waals surface area contributed by atoms with Gasteiger partial charge < -0.3 is 4.90 Å². The maximum absolute atomic E-state index is 13.4. The van der Waals surface area contributed by atoms with Crippen molar-refractivity contribution in [2.45, 2.75) is 45.7 Å². The lowest BCUT2D eigenvalue weighted by Gasteiger charge is -2.33. The van der Waals surface area contributed by atoms with Crippen LogP contribution in [0.15, 0.2) is 48.5 Å². The Morgan fingerprint density at radius 1 is 0.933 bits per heavy atom. The molecule has 6 heteroatoms. The summed E-state index contributed by atoms with van der Waals surface area (Å²) in [6, 6.07) is 16.6. The molecule has 1 saturated heterocycles. The molecule has 2 heterocycles. The third kappa shape index (κ3) is 4.30. The van der Waals surface area contributed by atoms with Crippen LogP contribution in [0.3, 0.4) is 0 Å². The highest BCUT2D eigenvalue weighted by molar-refractivity contribution is 7.89. The number of nitrogens with zero attached hydrogens (tertiary/aromatic N) is 2. The second-order valence-corrected chi connectivity index (χ2v) is 10.4. The molecule has 0 atom stereocenters. The van der Waals surface area contributed by atoms with Gasteiger partial charge in [-0.25, -0.2) is 12.7 Å². The Bertz CT molecular complexity index is 963. The van der Waals surface area contributed by atoms with Crippen molar-refractivity contribution in [2.75, 3.05) is 18.8 Å². The van der Waals surface area contributed by atoms with Crippen LogP contribution in [0.1, 0.15) is 43.7 Å². The van der Waals surface area contributed by atoms with Crippen molar-refractivity contribution in [2.24, 2.45) is 5.92 Å². The predicted octanol–water partition coefficient (Wildman–Crippen LogP) is 4.04. The molecule has 0 unspecified atom stereocenters. The number of benzene rings is 2. The zero-order chi connectivity index (χ0) is 21.1. The van der Waals surface area contributed by atoms with Crippen molar-refractivity contribution in [1.82, 2.24) is 9.21 Å². The zero-order valence-corrected chi connectivity index (χ0v) is 18.4. The van der Waals surface area contributed by atoms with Gasteiger partial charge in [-0.05, 0) is 41.5 Å². The van der Waals surface area contributed by atoms with Crippen LogP contribution in [0.2, 0.25) is 0 Å². The van der Waals surface area contributed by atoms with Crippen molar-refractivity contribution in [3.63, 3.8) is 0 Å². The van der Waals surface area contributed by atoms with E-state index in [1.54, 1.807) is 4.31 Å². The maximum atomic E-state index is 13.4. The van der Waals surface area contributed by atoms with E-state index in [2.05, 4.69) is 24.3 Å². The van der Waals surface area contributed by atoms with Crippen LogP contribution in [0.25, 0.3) is 11.1 Å². The largest absolute Gasteiger partial charge is 0.334 e. The third-order valence-corrected chi connectivity index (χ3v) is 8.27. The Balaban J connectivity index is 1.49. The first-order valence-electron chi connectivity index (χ1n) is 10.9. The van der Waals surface area contributed by atoms with Crippen LogP contribution in [0.5, 0.6) is 0 Å². The molecular weight excluding hydrogens is 396 g/mol. The summed E-state index contributed by atoms with van der Waals surface area (Å²) in [4.78, 5) is 15.4. The lowest BCUT2D eigenvalue weighted by molar-refractivity contribution is -0.138. The highest BCUT2D eigenvalue weighted by Crippen LogP contribution is 2.34. The van der Waals surface area contributed by atoms with Crippen LogP contribution in [-0.2, 0) is 27.9 Å². The molecule has 4 rings (SSSR count). The molecule has 30 heavy (non-hydrogen) atoms. The summed E-state index contributed by atoms with van der Waals surface area (Å²) in [5, 5.41) is 0. The average Bonchev–Trinajstić information content (AvgIpc) is 2.94. The summed E-state index contributed by atoms with van der Waals surface area (Å²) in [5.41, 5.74) is 4.71.